The topological polar surface area (TPSA) is 53.2 Å². The van der Waals surface area contributed by atoms with Gasteiger partial charge in [-0.3, -0.25) is 0 Å². The molecule has 0 bridgehead atoms. The highest BCUT2D eigenvalue weighted by Gasteiger charge is 2.21. The molecule has 1 saturated heterocycles. The Morgan fingerprint density at radius 3 is 2.52 bits per heavy atom. The van der Waals surface area contributed by atoms with E-state index in [4.69, 9.17) is 11.6 Å². The highest BCUT2D eigenvalue weighted by molar-refractivity contribution is 6.30. The molecule has 2 atom stereocenters. The van der Waals surface area contributed by atoms with Crippen molar-refractivity contribution in [3.8, 4) is 0 Å². The predicted molar refractivity (Wildman–Crippen MR) is 103 cm³/mol. The molecule has 0 spiro atoms. The maximum Gasteiger partial charge on any atom is 0.319 e. The van der Waals surface area contributed by atoms with Gasteiger partial charge in [0.15, 0.2) is 0 Å². The summed E-state index contributed by atoms with van der Waals surface area (Å²) >= 11 is 5.84. The highest BCUT2D eigenvalue weighted by Crippen LogP contribution is 2.19. The van der Waals surface area contributed by atoms with E-state index in [1.165, 1.54) is 12.0 Å². The number of benzene rings is 2. The summed E-state index contributed by atoms with van der Waals surface area (Å²) in [4.78, 5) is 12.0. The Labute approximate surface area is 154 Å². The first-order valence-electron chi connectivity index (χ1n) is 8.77. The van der Waals surface area contributed by atoms with Crippen LogP contribution in [0.2, 0.25) is 5.02 Å². The molecule has 0 unspecified atom stereocenters. The van der Waals surface area contributed by atoms with Gasteiger partial charge in [-0.1, -0.05) is 41.9 Å². The second-order valence-corrected chi connectivity index (χ2v) is 7.02. The Morgan fingerprint density at radius 2 is 1.84 bits per heavy atom. The molecule has 0 radical (unpaired) electrons. The molecule has 5 heteroatoms. The number of urea groups is 1. The van der Waals surface area contributed by atoms with Gasteiger partial charge >= 0.3 is 6.03 Å². The van der Waals surface area contributed by atoms with Crippen molar-refractivity contribution < 1.29 is 4.79 Å². The molecule has 1 aliphatic rings. The predicted octanol–water partition coefficient (Wildman–Crippen LogP) is 4.07. The number of hydrogen-bond donors (Lipinski definition) is 3. The Kier molecular flexibility index (Phi) is 6.31. The van der Waals surface area contributed by atoms with Crippen molar-refractivity contribution in [1.82, 2.24) is 10.6 Å². The van der Waals surface area contributed by atoms with Crippen LogP contribution in [0.25, 0.3) is 0 Å². The molecule has 1 aliphatic heterocycles. The van der Waals surface area contributed by atoms with E-state index in [0.717, 1.165) is 25.1 Å². The van der Waals surface area contributed by atoms with Gasteiger partial charge < -0.3 is 16.0 Å². The monoisotopic (exact) mass is 357 g/mol. The van der Waals surface area contributed by atoms with Crippen LogP contribution in [0, 0.1) is 5.92 Å². The molecule has 3 N–H and O–H groups in total. The van der Waals surface area contributed by atoms with Crippen LogP contribution in [0.1, 0.15) is 18.4 Å². The molecule has 0 aromatic heterocycles. The summed E-state index contributed by atoms with van der Waals surface area (Å²) in [5, 5.41) is 9.96. The van der Waals surface area contributed by atoms with Gasteiger partial charge in [0, 0.05) is 23.3 Å². The van der Waals surface area contributed by atoms with Crippen molar-refractivity contribution in [2.24, 2.45) is 5.92 Å². The normalized spacial score (nSPS) is 20.0. The largest absolute Gasteiger partial charge is 0.336 e. The molecular weight excluding hydrogens is 334 g/mol. The average molecular weight is 358 g/mol. The van der Waals surface area contributed by atoms with Crippen molar-refractivity contribution in [1.29, 1.82) is 0 Å². The molecule has 132 valence electrons. The van der Waals surface area contributed by atoms with Crippen LogP contribution in [0.3, 0.4) is 0 Å². The van der Waals surface area contributed by atoms with E-state index in [-0.39, 0.29) is 6.03 Å². The molecule has 1 fully saturated rings. The molecule has 4 nitrogen and oxygen atoms in total. The third-order valence-electron chi connectivity index (χ3n) is 4.60. The number of nitrogens with one attached hydrogen (secondary N) is 3. The van der Waals surface area contributed by atoms with E-state index in [1.807, 2.05) is 0 Å². The lowest BCUT2D eigenvalue weighted by molar-refractivity contribution is 0.247. The first-order chi connectivity index (χ1) is 12.2. The molecule has 2 amide bonds. The minimum Gasteiger partial charge on any atom is -0.336 e. The Morgan fingerprint density at radius 1 is 1.08 bits per heavy atom. The minimum absolute atomic E-state index is 0.185. The van der Waals surface area contributed by atoms with Crippen molar-refractivity contribution in [2.75, 3.05) is 18.4 Å². The number of amides is 2. The van der Waals surface area contributed by atoms with Crippen LogP contribution in [0.4, 0.5) is 10.5 Å². The zero-order valence-corrected chi connectivity index (χ0v) is 14.9. The van der Waals surface area contributed by atoms with Gasteiger partial charge in [-0.2, -0.15) is 0 Å². The molecular formula is C20H24ClN3O. The lowest BCUT2D eigenvalue weighted by Gasteiger charge is -2.30. The first-order valence-corrected chi connectivity index (χ1v) is 9.14. The van der Waals surface area contributed by atoms with E-state index in [9.17, 15) is 4.79 Å². The van der Waals surface area contributed by atoms with Crippen molar-refractivity contribution in [2.45, 2.75) is 25.3 Å². The average Bonchev–Trinajstić information content (AvgIpc) is 2.64. The van der Waals surface area contributed by atoms with Crippen LogP contribution < -0.4 is 16.0 Å². The number of piperidine rings is 1. The quantitative estimate of drug-likeness (QED) is 0.755. The van der Waals surface area contributed by atoms with E-state index in [1.54, 1.807) is 24.3 Å². The fraction of sp³-hybridized carbons (Fsp3) is 0.350. The Hall–Kier alpha value is -2.04. The fourth-order valence-corrected chi connectivity index (χ4v) is 3.32. The molecule has 3 rings (SSSR count). The number of hydrogen-bond acceptors (Lipinski definition) is 2. The van der Waals surface area contributed by atoms with E-state index < -0.39 is 0 Å². The number of halogens is 1. The summed E-state index contributed by atoms with van der Waals surface area (Å²) in [6.07, 6.45) is 3.39. The smallest absolute Gasteiger partial charge is 0.319 e. The van der Waals surface area contributed by atoms with Crippen LogP contribution in [0.15, 0.2) is 54.6 Å². The van der Waals surface area contributed by atoms with E-state index >= 15 is 0 Å². The van der Waals surface area contributed by atoms with Crippen molar-refractivity contribution in [3.05, 3.63) is 65.2 Å². The summed E-state index contributed by atoms with van der Waals surface area (Å²) in [6.45, 7) is 1.64. The van der Waals surface area contributed by atoms with E-state index in [0.29, 0.717) is 23.5 Å². The van der Waals surface area contributed by atoms with Gasteiger partial charge in [0.2, 0.25) is 0 Å². The lowest BCUT2D eigenvalue weighted by atomic mass is 9.89. The van der Waals surface area contributed by atoms with Crippen molar-refractivity contribution >= 4 is 23.3 Å². The Bertz CT molecular complexity index is 667. The van der Waals surface area contributed by atoms with Gasteiger partial charge in [-0.25, -0.2) is 4.79 Å². The summed E-state index contributed by atoms with van der Waals surface area (Å²) in [7, 11) is 0. The third-order valence-corrected chi connectivity index (χ3v) is 4.85. The van der Waals surface area contributed by atoms with Crippen LogP contribution in [-0.4, -0.2) is 25.2 Å². The fourth-order valence-electron chi connectivity index (χ4n) is 3.19. The summed E-state index contributed by atoms with van der Waals surface area (Å²) in [6, 6.07) is 17.9. The standard InChI is InChI=1S/C20H24ClN3O/c21-17-7-10-18(11-8-17)24-20(25)23-14-19-9-6-16(13-22-19)12-15-4-2-1-3-5-15/h1-5,7-8,10-11,16,19,22H,6,9,12-14H2,(H2,23,24,25)/t16-,19+/m1/s1. The Balaban J connectivity index is 1.36. The zero-order valence-electron chi connectivity index (χ0n) is 14.2. The maximum atomic E-state index is 12.0. The second kappa shape index (κ2) is 8.88. The number of anilines is 1. The molecule has 0 saturated carbocycles. The van der Waals surface area contributed by atoms with E-state index in [2.05, 4.69) is 46.3 Å². The van der Waals surface area contributed by atoms with Gasteiger partial charge in [0.25, 0.3) is 0 Å². The van der Waals surface area contributed by atoms with Gasteiger partial charge in [0.05, 0.1) is 0 Å². The number of rotatable bonds is 5. The summed E-state index contributed by atoms with van der Waals surface area (Å²) in [5.74, 6) is 0.668. The molecule has 1 heterocycles. The van der Waals surface area contributed by atoms with Crippen LogP contribution in [-0.2, 0) is 6.42 Å². The first kappa shape index (κ1) is 17.8. The van der Waals surface area contributed by atoms with Crippen LogP contribution in [0.5, 0.6) is 0 Å². The molecule has 0 aliphatic carbocycles. The lowest BCUT2D eigenvalue weighted by Crippen LogP contribution is -2.47. The van der Waals surface area contributed by atoms with Crippen LogP contribution >= 0.6 is 11.6 Å². The van der Waals surface area contributed by atoms with Gasteiger partial charge in [0.1, 0.15) is 0 Å². The minimum atomic E-state index is -0.185. The molecule has 25 heavy (non-hydrogen) atoms. The summed E-state index contributed by atoms with van der Waals surface area (Å²) < 4.78 is 0. The van der Waals surface area contributed by atoms with Crippen molar-refractivity contribution in [3.63, 3.8) is 0 Å². The SMILES string of the molecule is O=C(NC[C@@H]1CC[C@H](Cc2ccccc2)CN1)Nc1ccc(Cl)cc1. The summed E-state index contributed by atoms with van der Waals surface area (Å²) in [5.41, 5.74) is 2.13. The number of carbonyl (C=O) groups excluding carboxylic acids is 1. The maximum absolute atomic E-state index is 12.0. The highest BCUT2D eigenvalue weighted by atomic mass is 35.5. The number of carbonyl (C=O) groups is 1. The molecule has 2 aromatic rings. The zero-order chi connectivity index (χ0) is 17.5. The molecule has 2 aromatic carbocycles. The van der Waals surface area contributed by atoms with Gasteiger partial charge in [-0.05, 0) is 61.6 Å². The third kappa shape index (κ3) is 5.76. The second-order valence-electron chi connectivity index (χ2n) is 6.58. The van der Waals surface area contributed by atoms with Gasteiger partial charge in [-0.15, -0.1) is 0 Å².